The van der Waals surface area contributed by atoms with Gasteiger partial charge in [-0.1, -0.05) is 66.7 Å². The summed E-state index contributed by atoms with van der Waals surface area (Å²) in [7, 11) is -1.87. The SMILES string of the molecule is COc1ccccc1N=C(O[P+](c1ccccc1)(c1ccccc1)c1ccccc1)C(F)(F)F.[Cl-]. The first-order chi connectivity index (χ1) is 16.4. The van der Waals surface area contributed by atoms with E-state index in [9.17, 15) is 13.2 Å². The largest absolute Gasteiger partial charge is 1.00 e. The predicted octanol–water partition coefficient (Wildman–Crippen LogP) is 3.22. The van der Waals surface area contributed by atoms with Crippen LogP contribution in [-0.2, 0) is 4.52 Å². The number of hydrogen-bond donors (Lipinski definition) is 0. The molecule has 4 rings (SSSR count). The lowest BCUT2D eigenvalue weighted by molar-refractivity contribution is -0.0703. The fourth-order valence-corrected chi connectivity index (χ4v) is 7.01. The maximum Gasteiger partial charge on any atom is 0.473 e. The average molecular weight is 516 g/mol. The number of benzene rings is 4. The van der Waals surface area contributed by atoms with Crippen LogP contribution in [0.5, 0.6) is 5.75 Å². The molecule has 0 saturated heterocycles. The highest BCUT2D eigenvalue weighted by Gasteiger charge is 2.55. The van der Waals surface area contributed by atoms with Crippen molar-refractivity contribution in [2.75, 3.05) is 7.11 Å². The van der Waals surface area contributed by atoms with Gasteiger partial charge in [0.05, 0.1) is 7.11 Å². The van der Waals surface area contributed by atoms with Gasteiger partial charge >= 0.3 is 12.1 Å². The average Bonchev–Trinajstić information content (AvgIpc) is 2.88. The van der Waals surface area contributed by atoms with Gasteiger partial charge in [-0.25, -0.2) is 4.99 Å². The van der Waals surface area contributed by atoms with Crippen LogP contribution < -0.4 is 33.1 Å². The first-order valence-corrected chi connectivity index (χ1v) is 12.2. The van der Waals surface area contributed by atoms with Crippen molar-refractivity contribution in [1.82, 2.24) is 0 Å². The molecule has 0 bridgehead atoms. The molecular weight excluding hydrogens is 494 g/mol. The summed E-state index contributed by atoms with van der Waals surface area (Å²) in [5, 5.41) is 1.93. The van der Waals surface area contributed by atoms with Crippen LogP contribution in [0.3, 0.4) is 0 Å². The summed E-state index contributed by atoms with van der Waals surface area (Å²) < 4.78 is 54.7. The zero-order valence-corrected chi connectivity index (χ0v) is 20.3. The third kappa shape index (κ3) is 5.67. The van der Waals surface area contributed by atoms with Gasteiger partial charge in [-0.2, -0.15) is 13.2 Å². The van der Waals surface area contributed by atoms with E-state index < -0.39 is 19.6 Å². The summed E-state index contributed by atoms with van der Waals surface area (Å²) in [4.78, 5) is 3.93. The van der Waals surface area contributed by atoms with Crippen molar-refractivity contribution >= 4 is 35.0 Å². The number of hydrogen-bond acceptors (Lipinski definition) is 3. The molecule has 3 nitrogen and oxygen atoms in total. The Morgan fingerprint density at radius 1 is 0.657 bits per heavy atom. The molecular formula is C27H22ClF3NO2P. The Bertz CT molecular complexity index is 1160. The summed E-state index contributed by atoms with van der Waals surface area (Å²) >= 11 is 0. The number of methoxy groups -OCH3 is 1. The fourth-order valence-electron chi connectivity index (χ4n) is 3.62. The van der Waals surface area contributed by atoms with Crippen LogP contribution in [0.25, 0.3) is 0 Å². The Labute approximate surface area is 209 Å². The van der Waals surface area contributed by atoms with Gasteiger partial charge in [-0.15, -0.1) is 0 Å². The predicted molar refractivity (Wildman–Crippen MR) is 132 cm³/mol. The molecule has 0 spiro atoms. The molecule has 0 N–H and O–H groups in total. The third-order valence-corrected chi connectivity index (χ3v) is 8.66. The molecule has 0 unspecified atom stereocenters. The van der Waals surface area contributed by atoms with Crippen molar-refractivity contribution in [3.05, 3.63) is 115 Å². The summed E-state index contributed by atoms with van der Waals surface area (Å²) in [5.41, 5.74) is 0.0320. The monoisotopic (exact) mass is 515 g/mol. The Kier molecular flexibility index (Phi) is 8.55. The molecule has 35 heavy (non-hydrogen) atoms. The Morgan fingerprint density at radius 3 is 1.46 bits per heavy atom. The number of aliphatic imine (C=N–C) groups is 1. The Hall–Kier alpha value is -3.34. The number of ether oxygens (including phenoxy) is 1. The van der Waals surface area contributed by atoms with E-state index in [0.29, 0.717) is 15.9 Å². The van der Waals surface area contributed by atoms with Gasteiger partial charge in [-0.3, -0.25) is 0 Å². The van der Waals surface area contributed by atoms with Gasteiger partial charge in [0.15, 0.2) is 0 Å². The van der Waals surface area contributed by atoms with E-state index in [1.54, 1.807) is 91.0 Å². The smallest absolute Gasteiger partial charge is 0.473 e. The Morgan fingerprint density at radius 2 is 1.06 bits per heavy atom. The second-order valence-corrected chi connectivity index (χ2v) is 10.2. The zero-order valence-electron chi connectivity index (χ0n) is 18.7. The number of alkyl halides is 3. The summed E-state index contributed by atoms with van der Waals surface area (Å²) in [6.07, 6.45) is -4.84. The number of para-hydroxylation sites is 2. The van der Waals surface area contributed by atoms with Gasteiger partial charge in [0.1, 0.15) is 27.4 Å². The lowest BCUT2D eigenvalue weighted by Crippen LogP contribution is -3.00. The summed E-state index contributed by atoms with van der Waals surface area (Å²) in [6, 6.07) is 33.3. The molecule has 0 fully saturated rings. The van der Waals surface area contributed by atoms with Crippen molar-refractivity contribution in [2.24, 2.45) is 4.99 Å². The molecule has 4 aromatic rings. The zero-order chi connectivity index (χ0) is 24.0. The maximum atomic E-state index is 14.4. The van der Waals surface area contributed by atoms with E-state index in [1.807, 2.05) is 18.2 Å². The minimum atomic E-state index is -4.84. The number of nitrogens with zero attached hydrogens (tertiary/aromatic N) is 1. The fraction of sp³-hybridized carbons (Fsp3) is 0.0741. The van der Waals surface area contributed by atoms with Crippen LogP contribution in [0.4, 0.5) is 18.9 Å². The molecule has 0 saturated carbocycles. The molecule has 0 heterocycles. The number of halogens is 4. The van der Waals surface area contributed by atoms with E-state index >= 15 is 0 Å². The van der Waals surface area contributed by atoms with Gasteiger partial charge in [-0.05, 0) is 48.5 Å². The van der Waals surface area contributed by atoms with E-state index in [-0.39, 0.29) is 23.8 Å². The first-order valence-electron chi connectivity index (χ1n) is 10.5. The molecule has 0 aromatic heterocycles. The second-order valence-electron chi connectivity index (χ2n) is 7.29. The Balaban J connectivity index is 0.00000342. The van der Waals surface area contributed by atoms with Crippen LogP contribution in [0.15, 0.2) is 120 Å². The molecule has 180 valence electrons. The topological polar surface area (TPSA) is 30.8 Å². The minimum Gasteiger partial charge on any atom is -1.00 e. The van der Waals surface area contributed by atoms with Crippen molar-refractivity contribution in [1.29, 1.82) is 0 Å². The molecule has 0 amide bonds. The molecule has 0 aliphatic rings. The third-order valence-electron chi connectivity index (χ3n) is 5.13. The first kappa shape index (κ1) is 26.3. The van der Waals surface area contributed by atoms with E-state index in [1.165, 1.54) is 13.2 Å². The minimum absolute atomic E-state index is 0. The molecule has 0 radical (unpaired) electrons. The van der Waals surface area contributed by atoms with Crippen LogP contribution in [0.1, 0.15) is 0 Å². The highest BCUT2D eigenvalue weighted by Crippen LogP contribution is 2.58. The number of rotatable bonds is 6. The van der Waals surface area contributed by atoms with E-state index in [0.717, 1.165) is 0 Å². The molecule has 0 aliphatic heterocycles. The molecule has 8 heteroatoms. The molecule has 0 aliphatic carbocycles. The van der Waals surface area contributed by atoms with Crippen LogP contribution >= 0.6 is 7.49 Å². The lowest BCUT2D eigenvalue weighted by atomic mass is 10.3. The van der Waals surface area contributed by atoms with E-state index in [4.69, 9.17) is 9.26 Å². The molecule has 4 aromatic carbocycles. The normalized spacial score (nSPS) is 11.9. The quantitative estimate of drug-likeness (QED) is 0.224. The van der Waals surface area contributed by atoms with Crippen molar-refractivity contribution in [3.8, 4) is 5.75 Å². The van der Waals surface area contributed by atoms with Crippen LogP contribution in [-0.4, -0.2) is 19.2 Å². The summed E-state index contributed by atoms with van der Waals surface area (Å²) in [6.45, 7) is 0. The maximum absolute atomic E-state index is 14.4. The van der Waals surface area contributed by atoms with Gasteiger partial charge in [0.25, 0.3) is 7.49 Å². The highest BCUT2D eigenvalue weighted by atomic mass is 35.5. The second kappa shape index (κ2) is 11.4. The van der Waals surface area contributed by atoms with Crippen LogP contribution in [0.2, 0.25) is 0 Å². The van der Waals surface area contributed by atoms with Gasteiger partial charge in [0, 0.05) is 0 Å². The van der Waals surface area contributed by atoms with Gasteiger partial charge in [0.2, 0.25) is 0 Å². The standard InChI is InChI=1S/C27H22F3NO2P.ClH/c1-32-25-20-12-11-19-24(25)31-26(27(28,29)30)33-34(21-13-5-2-6-14-21,22-15-7-3-8-16-22)23-17-9-4-10-18-23;/h2-20H,1H3;1H/q+1;/p-1. The highest BCUT2D eigenvalue weighted by molar-refractivity contribution is 7.92. The van der Waals surface area contributed by atoms with Crippen molar-refractivity contribution in [2.45, 2.75) is 6.18 Å². The lowest BCUT2D eigenvalue weighted by Gasteiger charge is -2.27. The van der Waals surface area contributed by atoms with Crippen molar-refractivity contribution in [3.63, 3.8) is 0 Å². The van der Waals surface area contributed by atoms with Crippen LogP contribution in [0, 0.1) is 0 Å². The van der Waals surface area contributed by atoms with E-state index in [2.05, 4.69) is 4.99 Å². The van der Waals surface area contributed by atoms with Crippen molar-refractivity contribution < 1.29 is 34.8 Å². The molecule has 0 atom stereocenters. The van der Waals surface area contributed by atoms with Gasteiger partial charge < -0.3 is 21.7 Å². The summed E-state index contributed by atoms with van der Waals surface area (Å²) in [5.74, 6) is -1.11.